The van der Waals surface area contributed by atoms with E-state index in [0.29, 0.717) is 12.8 Å². The minimum absolute atomic E-state index is 0.0734. The molecule has 1 saturated heterocycles. The van der Waals surface area contributed by atoms with Crippen LogP contribution in [-0.4, -0.2) is 44.3 Å². The molecule has 120 valence electrons. The number of hydrogen-bond acceptors (Lipinski definition) is 4. The summed E-state index contributed by atoms with van der Waals surface area (Å²) >= 11 is 0. The van der Waals surface area contributed by atoms with Gasteiger partial charge in [-0.05, 0) is 25.0 Å². The first kappa shape index (κ1) is 15.6. The minimum Gasteiger partial charge on any atom is -0.378 e. The fourth-order valence-electron chi connectivity index (χ4n) is 3.25. The van der Waals surface area contributed by atoms with Crippen LogP contribution in [0.3, 0.4) is 0 Å². The lowest BCUT2D eigenvalue weighted by molar-refractivity contribution is -0.123. The zero-order valence-corrected chi connectivity index (χ0v) is 12.9. The van der Waals surface area contributed by atoms with Crippen LogP contribution in [0.1, 0.15) is 19.3 Å². The Morgan fingerprint density at radius 3 is 2.73 bits per heavy atom. The molecule has 2 atom stereocenters. The highest BCUT2D eigenvalue weighted by Crippen LogP contribution is 2.32. The molecule has 1 aromatic carbocycles. The molecule has 0 spiro atoms. The highest BCUT2D eigenvalue weighted by molar-refractivity contribution is 7.89. The van der Waals surface area contributed by atoms with Crippen molar-refractivity contribution in [3.63, 3.8) is 0 Å². The van der Waals surface area contributed by atoms with E-state index in [4.69, 9.17) is 4.74 Å². The van der Waals surface area contributed by atoms with Gasteiger partial charge in [0.25, 0.3) is 0 Å². The Bertz CT molecular complexity index is 676. The Labute approximate surface area is 129 Å². The van der Waals surface area contributed by atoms with Gasteiger partial charge in [0.2, 0.25) is 10.0 Å². The molecule has 0 bridgehead atoms. The van der Waals surface area contributed by atoms with Crippen molar-refractivity contribution < 1.29 is 22.3 Å². The van der Waals surface area contributed by atoms with Crippen molar-refractivity contribution in [2.75, 3.05) is 19.8 Å². The largest absolute Gasteiger partial charge is 0.378 e. The molecule has 2 aliphatic rings. The number of morpholine rings is 1. The minimum atomic E-state index is -3.98. The topological polar surface area (TPSA) is 63.7 Å². The highest BCUT2D eigenvalue weighted by atomic mass is 32.2. The van der Waals surface area contributed by atoms with E-state index < -0.39 is 21.9 Å². The molecular formula is C15H18FNO4S. The van der Waals surface area contributed by atoms with Crippen molar-refractivity contribution in [3.05, 3.63) is 30.1 Å². The third-order valence-corrected chi connectivity index (χ3v) is 6.31. The van der Waals surface area contributed by atoms with Crippen LogP contribution in [0.2, 0.25) is 0 Å². The Balaban J connectivity index is 1.96. The highest BCUT2D eigenvalue weighted by Gasteiger charge is 2.43. The summed E-state index contributed by atoms with van der Waals surface area (Å²) in [6.45, 7) is 0.584. The van der Waals surface area contributed by atoms with Gasteiger partial charge in [0.1, 0.15) is 16.5 Å². The Morgan fingerprint density at radius 2 is 2.05 bits per heavy atom. The monoisotopic (exact) mass is 327 g/mol. The Kier molecular flexibility index (Phi) is 4.29. The van der Waals surface area contributed by atoms with Crippen molar-refractivity contribution in [2.45, 2.75) is 30.2 Å². The summed E-state index contributed by atoms with van der Waals surface area (Å²) in [5.74, 6) is -1.04. The molecule has 1 aliphatic carbocycles. The first-order chi connectivity index (χ1) is 10.5. The summed E-state index contributed by atoms with van der Waals surface area (Å²) in [5, 5.41) is 0. The van der Waals surface area contributed by atoms with Crippen molar-refractivity contribution in [1.82, 2.24) is 4.31 Å². The average Bonchev–Trinajstić information content (AvgIpc) is 2.93. The Morgan fingerprint density at radius 1 is 1.27 bits per heavy atom. The average molecular weight is 327 g/mol. The van der Waals surface area contributed by atoms with Crippen LogP contribution in [0.4, 0.5) is 4.39 Å². The number of nitrogens with zero attached hydrogens (tertiary/aromatic N) is 1. The molecule has 3 rings (SSSR count). The standard InChI is InChI=1S/C15H18FNO4S/c16-12-5-1-2-7-15(12)22(19,20)17-8-9-21-10-13(17)11-4-3-6-14(11)18/h1-2,5,7,11,13H,3-4,6,8-10H2/t11-,13+/m1/s1. The second kappa shape index (κ2) is 6.06. The second-order valence-corrected chi connectivity index (χ2v) is 7.51. The van der Waals surface area contributed by atoms with Gasteiger partial charge in [-0.3, -0.25) is 4.79 Å². The maximum atomic E-state index is 13.9. The summed E-state index contributed by atoms with van der Waals surface area (Å²) in [6.07, 6.45) is 1.92. The van der Waals surface area contributed by atoms with E-state index in [9.17, 15) is 17.6 Å². The van der Waals surface area contributed by atoms with Crippen molar-refractivity contribution in [2.24, 2.45) is 5.92 Å². The molecule has 1 aliphatic heterocycles. The molecule has 0 radical (unpaired) electrons. The van der Waals surface area contributed by atoms with E-state index in [1.54, 1.807) is 0 Å². The maximum absolute atomic E-state index is 13.9. The third kappa shape index (κ3) is 2.68. The normalized spacial score (nSPS) is 27.2. The number of benzene rings is 1. The maximum Gasteiger partial charge on any atom is 0.246 e. The summed E-state index contributed by atoms with van der Waals surface area (Å²) in [5.41, 5.74) is 0. The number of rotatable bonds is 3. The van der Waals surface area contributed by atoms with Crippen LogP contribution in [0.15, 0.2) is 29.2 Å². The van der Waals surface area contributed by atoms with Crippen LogP contribution in [0, 0.1) is 11.7 Å². The first-order valence-corrected chi connectivity index (χ1v) is 8.82. The van der Waals surface area contributed by atoms with Gasteiger partial charge < -0.3 is 4.74 Å². The third-order valence-electron chi connectivity index (χ3n) is 4.35. The number of ether oxygens (including phenoxy) is 1. The van der Waals surface area contributed by atoms with E-state index in [1.165, 1.54) is 22.5 Å². The van der Waals surface area contributed by atoms with Crippen molar-refractivity contribution in [1.29, 1.82) is 0 Å². The lowest BCUT2D eigenvalue weighted by Gasteiger charge is -2.37. The van der Waals surface area contributed by atoms with Gasteiger partial charge in [0.15, 0.2) is 0 Å². The summed E-state index contributed by atoms with van der Waals surface area (Å²) in [6, 6.07) is 4.79. The van der Waals surface area contributed by atoms with Crippen molar-refractivity contribution in [3.8, 4) is 0 Å². The molecule has 5 nitrogen and oxygen atoms in total. The zero-order chi connectivity index (χ0) is 15.7. The van der Waals surface area contributed by atoms with Gasteiger partial charge in [-0.15, -0.1) is 0 Å². The molecule has 0 unspecified atom stereocenters. The molecule has 1 saturated carbocycles. The van der Waals surface area contributed by atoms with E-state index in [2.05, 4.69) is 0 Å². The number of Topliss-reactive ketones (excluding diaryl/α,β-unsaturated/α-hetero) is 1. The lowest BCUT2D eigenvalue weighted by atomic mass is 9.97. The van der Waals surface area contributed by atoms with Gasteiger partial charge in [-0.25, -0.2) is 12.8 Å². The number of ketones is 1. The molecule has 1 heterocycles. The first-order valence-electron chi connectivity index (χ1n) is 7.38. The van der Waals surface area contributed by atoms with E-state index >= 15 is 0 Å². The molecule has 0 aromatic heterocycles. The predicted octanol–water partition coefficient (Wildman–Crippen LogP) is 1.58. The van der Waals surface area contributed by atoms with Crippen LogP contribution in [0.25, 0.3) is 0 Å². The summed E-state index contributed by atoms with van der Waals surface area (Å²) in [7, 11) is -3.98. The molecule has 1 aromatic rings. The fraction of sp³-hybridized carbons (Fsp3) is 0.533. The Hall–Kier alpha value is -1.31. The fourth-order valence-corrected chi connectivity index (χ4v) is 4.95. The van der Waals surface area contributed by atoms with Gasteiger partial charge in [-0.2, -0.15) is 4.31 Å². The molecular weight excluding hydrogens is 309 g/mol. The molecule has 2 fully saturated rings. The number of hydrogen-bond donors (Lipinski definition) is 0. The molecule has 22 heavy (non-hydrogen) atoms. The van der Waals surface area contributed by atoms with Crippen LogP contribution >= 0.6 is 0 Å². The van der Waals surface area contributed by atoms with Crippen LogP contribution in [-0.2, 0) is 19.6 Å². The van der Waals surface area contributed by atoms with E-state index in [-0.39, 0.29) is 36.4 Å². The molecule has 0 N–H and O–H groups in total. The van der Waals surface area contributed by atoms with Gasteiger partial charge in [0, 0.05) is 18.9 Å². The van der Waals surface area contributed by atoms with Gasteiger partial charge in [-0.1, -0.05) is 12.1 Å². The summed E-state index contributed by atoms with van der Waals surface area (Å²) in [4.78, 5) is 11.7. The van der Waals surface area contributed by atoms with Crippen LogP contribution in [0.5, 0.6) is 0 Å². The number of halogens is 1. The van der Waals surface area contributed by atoms with Crippen LogP contribution < -0.4 is 0 Å². The van der Waals surface area contributed by atoms with E-state index in [1.807, 2.05) is 0 Å². The van der Waals surface area contributed by atoms with Gasteiger partial charge >= 0.3 is 0 Å². The quantitative estimate of drug-likeness (QED) is 0.846. The number of carbonyl (C=O) groups excluding carboxylic acids is 1. The predicted molar refractivity (Wildman–Crippen MR) is 77.2 cm³/mol. The smallest absolute Gasteiger partial charge is 0.246 e. The lowest BCUT2D eigenvalue weighted by Crippen LogP contribution is -2.53. The van der Waals surface area contributed by atoms with Crippen molar-refractivity contribution >= 4 is 15.8 Å². The van der Waals surface area contributed by atoms with E-state index in [0.717, 1.165) is 12.5 Å². The molecule has 7 heteroatoms. The molecule has 0 amide bonds. The zero-order valence-electron chi connectivity index (χ0n) is 12.1. The number of sulfonamides is 1. The summed E-state index contributed by atoms with van der Waals surface area (Å²) < 4.78 is 46.2. The SMILES string of the molecule is O=C1CCC[C@@H]1[C@@H]1COCCN1S(=O)(=O)c1ccccc1F. The number of carbonyl (C=O) groups is 1. The second-order valence-electron chi connectivity index (χ2n) is 5.65. The van der Waals surface area contributed by atoms with Gasteiger partial charge in [0.05, 0.1) is 19.3 Å².